The number of allylic oxidation sites excluding steroid dienone is 1. The fourth-order valence-corrected chi connectivity index (χ4v) is 1.97. The third-order valence-electron chi connectivity index (χ3n) is 3.10. The molecule has 152 valence electrons. The molecule has 0 bridgehead atoms. The Morgan fingerprint density at radius 1 is 1.08 bits per heavy atom. The largest absolute Gasteiger partial charge is 0.416 e. The van der Waals surface area contributed by atoms with Crippen LogP contribution in [-0.2, 0) is 17.3 Å². The molecule has 2 rings (SSSR count). The lowest BCUT2D eigenvalue weighted by atomic mass is 10.1. The van der Waals surface area contributed by atoms with Gasteiger partial charge >= 0.3 is 6.18 Å². The number of morpholine rings is 1. The summed E-state index contributed by atoms with van der Waals surface area (Å²) >= 11 is 0. The van der Waals surface area contributed by atoms with Crippen LogP contribution in [0.15, 0.2) is 36.9 Å². The molecule has 0 N–H and O–H groups in total. The first-order valence-corrected chi connectivity index (χ1v) is 9.42. The summed E-state index contributed by atoms with van der Waals surface area (Å²) in [6.07, 6.45) is -0.471. The average molecular weight is 376 g/mol. The van der Waals surface area contributed by atoms with Gasteiger partial charge in [-0.2, -0.15) is 13.2 Å². The molecule has 0 aliphatic carbocycles. The zero-order chi connectivity index (χ0) is 20.4. The molecule has 5 heteroatoms. The number of ether oxygens (including phenoxy) is 1. The van der Waals surface area contributed by atoms with Crippen LogP contribution in [0.5, 0.6) is 0 Å². The fourth-order valence-electron chi connectivity index (χ4n) is 1.97. The second kappa shape index (κ2) is 17.1. The molecule has 1 fully saturated rings. The standard InChI is InChI=1S/C13H16F3NO.C3H8.C3H6.C2H6/c14-13(15,16)12-3-1-11(2-4-12)5-6-17-7-9-18-10-8-17;2*1-3-2;1-2/h1-4H,5-10H2;3H2,1-2H3;3H,1H2,2H3;1-2H3. The number of rotatable bonds is 3. The first kappa shape index (κ1) is 26.9. The number of nitrogens with zero attached hydrogens (tertiary/aromatic N) is 1. The number of benzene rings is 1. The maximum atomic E-state index is 12.4. The Kier molecular flexibility index (Phi) is 17.7. The van der Waals surface area contributed by atoms with Crippen molar-refractivity contribution >= 4 is 0 Å². The van der Waals surface area contributed by atoms with E-state index in [0.29, 0.717) is 0 Å². The van der Waals surface area contributed by atoms with Crippen LogP contribution in [-0.4, -0.2) is 37.7 Å². The van der Waals surface area contributed by atoms with Crippen molar-refractivity contribution < 1.29 is 17.9 Å². The molecule has 0 atom stereocenters. The Hall–Kier alpha value is -1.33. The van der Waals surface area contributed by atoms with Crippen LogP contribution >= 0.6 is 0 Å². The Bertz CT molecular complexity index is 424. The van der Waals surface area contributed by atoms with Crippen molar-refractivity contribution in [3.63, 3.8) is 0 Å². The van der Waals surface area contributed by atoms with E-state index in [9.17, 15) is 13.2 Å². The molecule has 0 amide bonds. The highest BCUT2D eigenvalue weighted by atomic mass is 19.4. The monoisotopic (exact) mass is 375 g/mol. The molecule has 0 radical (unpaired) electrons. The fraction of sp³-hybridized carbons (Fsp3) is 0.619. The molecule has 0 spiro atoms. The molecular weight excluding hydrogens is 339 g/mol. The Labute approximate surface area is 158 Å². The number of halogens is 3. The van der Waals surface area contributed by atoms with Crippen molar-refractivity contribution in [3.8, 4) is 0 Å². The van der Waals surface area contributed by atoms with Gasteiger partial charge < -0.3 is 4.74 Å². The number of alkyl halides is 3. The lowest BCUT2D eigenvalue weighted by Gasteiger charge is -2.26. The van der Waals surface area contributed by atoms with E-state index in [1.54, 1.807) is 18.2 Å². The molecule has 1 heterocycles. The van der Waals surface area contributed by atoms with Crippen molar-refractivity contribution in [2.24, 2.45) is 0 Å². The molecule has 0 aromatic heterocycles. The summed E-state index contributed by atoms with van der Waals surface area (Å²) < 4.78 is 42.4. The summed E-state index contributed by atoms with van der Waals surface area (Å²) in [4.78, 5) is 2.27. The second-order valence-electron chi connectivity index (χ2n) is 5.51. The van der Waals surface area contributed by atoms with Crippen LogP contribution in [0, 0.1) is 0 Å². The van der Waals surface area contributed by atoms with Crippen LogP contribution < -0.4 is 0 Å². The van der Waals surface area contributed by atoms with Crippen molar-refractivity contribution in [3.05, 3.63) is 48.0 Å². The Morgan fingerprint density at radius 3 is 1.88 bits per heavy atom. The van der Waals surface area contributed by atoms with E-state index in [4.69, 9.17) is 4.74 Å². The van der Waals surface area contributed by atoms with Gasteiger partial charge in [0.2, 0.25) is 0 Å². The first-order chi connectivity index (χ1) is 12.4. The molecule has 26 heavy (non-hydrogen) atoms. The molecule has 1 aliphatic rings. The quantitative estimate of drug-likeness (QED) is 0.582. The minimum atomic E-state index is -4.25. The molecule has 1 aromatic rings. The summed E-state index contributed by atoms with van der Waals surface area (Å²) in [6, 6.07) is 5.41. The summed E-state index contributed by atoms with van der Waals surface area (Å²) in [5.41, 5.74) is 0.354. The molecule has 1 aliphatic heterocycles. The molecule has 1 saturated heterocycles. The molecule has 1 aromatic carbocycles. The van der Waals surface area contributed by atoms with Gasteiger partial charge in [0, 0.05) is 19.6 Å². The van der Waals surface area contributed by atoms with Gasteiger partial charge in [0.05, 0.1) is 18.8 Å². The molecular formula is C21H36F3NO. The highest BCUT2D eigenvalue weighted by Gasteiger charge is 2.29. The van der Waals surface area contributed by atoms with Gasteiger partial charge in [-0.25, -0.2) is 0 Å². The highest BCUT2D eigenvalue weighted by Crippen LogP contribution is 2.29. The van der Waals surface area contributed by atoms with Gasteiger partial charge in [-0.3, -0.25) is 4.90 Å². The minimum Gasteiger partial charge on any atom is -0.379 e. The van der Waals surface area contributed by atoms with E-state index < -0.39 is 11.7 Å². The highest BCUT2D eigenvalue weighted by molar-refractivity contribution is 5.24. The van der Waals surface area contributed by atoms with E-state index in [-0.39, 0.29) is 0 Å². The van der Waals surface area contributed by atoms with Gasteiger partial charge in [-0.05, 0) is 31.0 Å². The summed E-state index contributed by atoms with van der Waals surface area (Å²) in [5, 5.41) is 0. The van der Waals surface area contributed by atoms with Gasteiger partial charge in [0.1, 0.15) is 0 Å². The normalized spacial score (nSPS) is 13.8. The number of hydrogen-bond donors (Lipinski definition) is 0. The first-order valence-electron chi connectivity index (χ1n) is 9.42. The summed E-state index contributed by atoms with van der Waals surface area (Å²) in [5.74, 6) is 0. The number of hydrogen-bond acceptors (Lipinski definition) is 2. The molecule has 2 nitrogen and oxygen atoms in total. The van der Waals surface area contributed by atoms with Crippen molar-refractivity contribution in [1.82, 2.24) is 4.90 Å². The lowest BCUT2D eigenvalue weighted by molar-refractivity contribution is -0.137. The van der Waals surface area contributed by atoms with E-state index in [1.165, 1.54) is 6.42 Å². The van der Waals surface area contributed by atoms with Crippen LogP contribution in [0.2, 0.25) is 0 Å². The molecule has 0 unspecified atom stereocenters. The van der Waals surface area contributed by atoms with E-state index in [1.807, 2.05) is 20.8 Å². The zero-order valence-electron chi connectivity index (χ0n) is 17.0. The third-order valence-corrected chi connectivity index (χ3v) is 3.10. The zero-order valence-corrected chi connectivity index (χ0v) is 17.0. The van der Waals surface area contributed by atoms with Crippen LogP contribution in [0.1, 0.15) is 52.2 Å². The average Bonchev–Trinajstić information content (AvgIpc) is 2.63. The summed E-state index contributed by atoms with van der Waals surface area (Å²) in [7, 11) is 0. The predicted octanol–water partition coefficient (Wildman–Crippen LogP) is 6.21. The van der Waals surface area contributed by atoms with Crippen LogP contribution in [0.3, 0.4) is 0 Å². The Morgan fingerprint density at radius 2 is 1.50 bits per heavy atom. The maximum absolute atomic E-state index is 12.4. The van der Waals surface area contributed by atoms with E-state index in [0.717, 1.165) is 57.0 Å². The van der Waals surface area contributed by atoms with Gasteiger partial charge in [0.15, 0.2) is 0 Å². The van der Waals surface area contributed by atoms with Crippen molar-refractivity contribution in [2.45, 2.75) is 53.6 Å². The van der Waals surface area contributed by atoms with Gasteiger partial charge in [-0.1, -0.05) is 52.3 Å². The smallest absolute Gasteiger partial charge is 0.379 e. The SMILES string of the molecule is C=CC.CC.CCC.FC(F)(F)c1ccc(CCN2CCOCC2)cc1. The maximum Gasteiger partial charge on any atom is 0.416 e. The van der Waals surface area contributed by atoms with Gasteiger partial charge in [0.25, 0.3) is 0 Å². The van der Waals surface area contributed by atoms with Crippen molar-refractivity contribution in [1.29, 1.82) is 0 Å². The van der Waals surface area contributed by atoms with Crippen molar-refractivity contribution in [2.75, 3.05) is 32.8 Å². The van der Waals surface area contributed by atoms with Gasteiger partial charge in [-0.15, -0.1) is 6.58 Å². The third kappa shape index (κ3) is 13.9. The van der Waals surface area contributed by atoms with E-state index in [2.05, 4.69) is 25.3 Å². The predicted molar refractivity (Wildman–Crippen MR) is 106 cm³/mol. The topological polar surface area (TPSA) is 12.5 Å². The summed E-state index contributed by atoms with van der Waals surface area (Å²) in [6.45, 7) is 17.7. The minimum absolute atomic E-state index is 0.586. The van der Waals surface area contributed by atoms with Crippen LogP contribution in [0.4, 0.5) is 13.2 Å². The molecule has 0 saturated carbocycles. The van der Waals surface area contributed by atoms with Crippen LogP contribution in [0.25, 0.3) is 0 Å². The van der Waals surface area contributed by atoms with E-state index >= 15 is 0 Å². The Balaban J connectivity index is 0. The lowest BCUT2D eigenvalue weighted by Crippen LogP contribution is -2.37. The second-order valence-corrected chi connectivity index (χ2v) is 5.51.